The highest BCUT2D eigenvalue weighted by Gasteiger charge is 2.33. The van der Waals surface area contributed by atoms with E-state index in [0.29, 0.717) is 30.2 Å². The van der Waals surface area contributed by atoms with Gasteiger partial charge < -0.3 is 19.7 Å². The summed E-state index contributed by atoms with van der Waals surface area (Å²) in [6.45, 7) is 5.43. The van der Waals surface area contributed by atoms with Crippen LogP contribution in [0.1, 0.15) is 31.4 Å². The van der Waals surface area contributed by atoms with Crippen molar-refractivity contribution in [2.75, 3.05) is 24.5 Å². The summed E-state index contributed by atoms with van der Waals surface area (Å²) >= 11 is 0. The van der Waals surface area contributed by atoms with Gasteiger partial charge in [-0.15, -0.1) is 0 Å². The van der Waals surface area contributed by atoms with E-state index in [2.05, 4.69) is 5.32 Å². The third-order valence-corrected chi connectivity index (χ3v) is 9.00. The number of nitrogens with one attached hydrogen (secondary N) is 1. The Bertz CT molecular complexity index is 1680. The van der Waals surface area contributed by atoms with E-state index in [1.165, 1.54) is 17.0 Å². The maximum atomic E-state index is 14.2. The minimum Gasteiger partial charge on any atom is -0.497 e. The molecule has 236 valence electrons. The van der Waals surface area contributed by atoms with E-state index in [0.717, 1.165) is 15.4 Å². The van der Waals surface area contributed by atoms with Crippen LogP contribution in [0.3, 0.4) is 0 Å². The quantitative estimate of drug-likeness (QED) is 0.185. The van der Waals surface area contributed by atoms with Gasteiger partial charge in [-0.3, -0.25) is 13.9 Å². The summed E-state index contributed by atoms with van der Waals surface area (Å²) in [5, 5.41) is 2.81. The number of benzene rings is 4. The van der Waals surface area contributed by atoms with Gasteiger partial charge in [-0.2, -0.15) is 0 Å². The van der Waals surface area contributed by atoms with Crippen molar-refractivity contribution in [1.82, 2.24) is 10.2 Å². The Morgan fingerprint density at radius 2 is 1.47 bits per heavy atom. The number of carbonyl (C=O) groups is 2. The number of sulfonamides is 1. The van der Waals surface area contributed by atoms with Crippen molar-refractivity contribution in [2.45, 2.75) is 44.7 Å². The van der Waals surface area contributed by atoms with E-state index >= 15 is 0 Å². The van der Waals surface area contributed by atoms with Gasteiger partial charge in [0.2, 0.25) is 11.8 Å². The molecular formula is C35H39N3O6S. The van der Waals surface area contributed by atoms with Gasteiger partial charge in [0.25, 0.3) is 10.0 Å². The predicted octanol–water partition coefficient (Wildman–Crippen LogP) is 5.93. The van der Waals surface area contributed by atoms with Crippen LogP contribution in [-0.2, 0) is 26.2 Å². The summed E-state index contributed by atoms with van der Waals surface area (Å²) in [4.78, 5) is 28.8. The number of ether oxygens (including phenoxy) is 2. The van der Waals surface area contributed by atoms with Gasteiger partial charge in [0.1, 0.15) is 29.8 Å². The summed E-state index contributed by atoms with van der Waals surface area (Å²) in [7, 11) is -2.64. The molecule has 0 saturated heterocycles. The molecule has 1 N–H and O–H groups in total. The number of anilines is 1. The first kappa shape index (κ1) is 33.1. The van der Waals surface area contributed by atoms with E-state index in [9.17, 15) is 18.0 Å². The smallest absolute Gasteiger partial charge is 0.264 e. The van der Waals surface area contributed by atoms with Crippen LogP contribution in [0.25, 0.3) is 0 Å². The summed E-state index contributed by atoms with van der Waals surface area (Å²) in [6.07, 6.45) is 0.331. The number of hydrogen-bond acceptors (Lipinski definition) is 6. The summed E-state index contributed by atoms with van der Waals surface area (Å²) in [5.74, 6) is 0.898. The number of methoxy groups -OCH3 is 1. The van der Waals surface area contributed by atoms with Crippen molar-refractivity contribution in [2.24, 2.45) is 0 Å². The Kier molecular flexibility index (Phi) is 11.2. The first-order chi connectivity index (χ1) is 21.7. The van der Waals surface area contributed by atoms with Gasteiger partial charge in [-0.25, -0.2) is 8.42 Å². The van der Waals surface area contributed by atoms with Crippen LogP contribution in [0.5, 0.6) is 17.2 Å². The van der Waals surface area contributed by atoms with Crippen LogP contribution >= 0.6 is 0 Å². The van der Waals surface area contributed by atoms with Gasteiger partial charge in [0.05, 0.1) is 17.7 Å². The van der Waals surface area contributed by atoms with Crippen LogP contribution in [0.15, 0.2) is 108 Å². The second-order valence-corrected chi connectivity index (χ2v) is 12.3. The number of amides is 2. The molecule has 0 fully saturated rings. The lowest BCUT2D eigenvalue weighted by Crippen LogP contribution is -2.52. The standard InChI is InChI=1S/C35H39N3O6S/c1-5-33(35(40)36-6-2)37(24-27-11-10-14-31(23-27)43-4)34(39)25-38(45(41,42)32-21-15-26(3)16-22-32)28-17-19-30(20-18-28)44-29-12-8-7-9-13-29/h7-23,33H,5-6,24-25H2,1-4H3,(H,36,40)/t33-/m0/s1. The molecule has 0 aliphatic rings. The topological polar surface area (TPSA) is 105 Å². The highest BCUT2D eigenvalue weighted by molar-refractivity contribution is 7.92. The lowest BCUT2D eigenvalue weighted by atomic mass is 10.1. The van der Waals surface area contributed by atoms with Crippen LogP contribution in [0.4, 0.5) is 5.69 Å². The minimum absolute atomic E-state index is 0.0422. The van der Waals surface area contributed by atoms with E-state index < -0.39 is 28.5 Å². The average molecular weight is 630 g/mol. The maximum Gasteiger partial charge on any atom is 0.264 e. The molecule has 0 aliphatic carbocycles. The van der Waals surface area contributed by atoms with Gasteiger partial charge >= 0.3 is 0 Å². The van der Waals surface area contributed by atoms with Crippen molar-refractivity contribution in [1.29, 1.82) is 0 Å². The highest BCUT2D eigenvalue weighted by Crippen LogP contribution is 2.29. The molecule has 0 bridgehead atoms. The van der Waals surface area contributed by atoms with Crippen LogP contribution in [0.2, 0.25) is 0 Å². The average Bonchev–Trinajstić information content (AvgIpc) is 3.04. The maximum absolute atomic E-state index is 14.2. The largest absolute Gasteiger partial charge is 0.497 e. The molecule has 0 heterocycles. The predicted molar refractivity (Wildman–Crippen MR) is 175 cm³/mol. The Morgan fingerprint density at radius 1 is 0.822 bits per heavy atom. The lowest BCUT2D eigenvalue weighted by molar-refractivity contribution is -0.140. The van der Waals surface area contributed by atoms with Crippen molar-refractivity contribution < 1.29 is 27.5 Å². The zero-order valence-electron chi connectivity index (χ0n) is 26.0. The molecule has 0 spiro atoms. The van der Waals surface area contributed by atoms with Gasteiger partial charge in [-0.05, 0) is 86.5 Å². The third kappa shape index (κ3) is 8.42. The van der Waals surface area contributed by atoms with Crippen molar-refractivity contribution in [3.8, 4) is 17.2 Å². The zero-order chi connectivity index (χ0) is 32.4. The first-order valence-electron chi connectivity index (χ1n) is 14.8. The number of carbonyl (C=O) groups excluding carboxylic acids is 2. The number of nitrogens with zero attached hydrogens (tertiary/aromatic N) is 2. The van der Waals surface area contributed by atoms with Crippen LogP contribution < -0.4 is 19.1 Å². The van der Waals surface area contributed by atoms with E-state index in [4.69, 9.17) is 9.47 Å². The highest BCUT2D eigenvalue weighted by atomic mass is 32.2. The number of aryl methyl sites for hydroxylation is 1. The molecule has 4 aromatic carbocycles. The SMILES string of the molecule is CCNC(=O)[C@H](CC)N(Cc1cccc(OC)c1)C(=O)CN(c1ccc(Oc2ccccc2)cc1)S(=O)(=O)c1ccc(C)cc1. The van der Waals surface area contributed by atoms with Gasteiger partial charge in [0, 0.05) is 13.1 Å². The first-order valence-corrected chi connectivity index (χ1v) is 16.2. The lowest BCUT2D eigenvalue weighted by Gasteiger charge is -2.33. The van der Waals surface area contributed by atoms with Crippen LogP contribution in [0, 0.1) is 6.92 Å². The van der Waals surface area contributed by atoms with Crippen molar-refractivity contribution >= 4 is 27.5 Å². The van der Waals surface area contributed by atoms with Crippen LogP contribution in [-0.4, -0.2) is 51.4 Å². The third-order valence-electron chi connectivity index (χ3n) is 7.22. The Balaban J connectivity index is 1.73. The summed E-state index contributed by atoms with van der Waals surface area (Å²) in [6, 6.07) is 28.6. The molecule has 0 radical (unpaired) electrons. The van der Waals surface area contributed by atoms with Gasteiger partial charge in [-0.1, -0.05) is 55.0 Å². The zero-order valence-corrected chi connectivity index (χ0v) is 26.8. The van der Waals surface area contributed by atoms with Crippen molar-refractivity contribution in [3.05, 3.63) is 114 Å². The fourth-order valence-electron chi connectivity index (χ4n) is 4.85. The van der Waals surface area contributed by atoms with Crippen molar-refractivity contribution in [3.63, 3.8) is 0 Å². The summed E-state index contributed by atoms with van der Waals surface area (Å²) in [5.41, 5.74) is 1.91. The molecule has 9 nitrogen and oxygen atoms in total. The summed E-state index contributed by atoms with van der Waals surface area (Å²) < 4.78 is 40.6. The number of likely N-dealkylation sites (N-methyl/N-ethyl adjacent to an activating group) is 1. The molecular weight excluding hydrogens is 590 g/mol. The molecule has 2 amide bonds. The van der Waals surface area contributed by atoms with E-state index in [1.54, 1.807) is 68.6 Å². The second kappa shape index (κ2) is 15.3. The Labute approximate surface area is 265 Å². The second-order valence-electron chi connectivity index (χ2n) is 10.4. The fourth-order valence-corrected chi connectivity index (χ4v) is 6.26. The molecule has 4 aromatic rings. The molecule has 0 saturated carbocycles. The molecule has 4 rings (SSSR count). The van der Waals surface area contributed by atoms with E-state index in [1.807, 2.05) is 50.2 Å². The molecule has 1 atom stereocenters. The molecule has 0 aromatic heterocycles. The molecule has 10 heteroatoms. The minimum atomic E-state index is -4.19. The monoisotopic (exact) mass is 629 g/mol. The van der Waals surface area contributed by atoms with E-state index in [-0.39, 0.29) is 23.0 Å². The normalized spacial score (nSPS) is 11.7. The number of rotatable bonds is 14. The molecule has 0 unspecified atom stereocenters. The molecule has 45 heavy (non-hydrogen) atoms. The molecule has 0 aliphatic heterocycles. The number of para-hydroxylation sites is 1. The fraction of sp³-hybridized carbons (Fsp3) is 0.257. The van der Waals surface area contributed by atoms with Gasteiger partial charge in [0.15, 0.2) is 0 Å². The Morgan fingerprint density at radius 3 is 2.09 bits per heavy atom. The Hall–Kier alpha value is -4.83. The number of hydrogen-bond donors (Lipinski definition) is 1.